The summed E-state index contributed by atoms with van der Waals surface area (Å²) in [5.74, 6) is -0.442. The first-order chi connectivity index (χ1) is 10.1. The van der Waals surface area contributed by atoms with Crippen LogP contribution in [-0.2, 0) is 16.1 Å². The molecule has 3 unspecified atom stereocenters. The highest BCUT2D eigenvalue weighted by atomic mass is 16.5. The second-order valence-electron chi connectivity index (χ2n) is 5.16. The van der Waals surface area contributed by atoms with Crippen LogP contribution in [-0.4, -0.2) is 36.0 Å². The molecule has 1 aliphatic rings. The summed E-state index contributed by atoms with van der Waals surface area (Å²) in [6.07, 6.45) is 2.80. The van der Waals surface area contributed by atoms with Crippen LogP contribution in [0.3, 0.4) is 0 Å². The number of aliphatic hydroxyl groups is 1. The molecular weight excluding hydrogens is 272 g/mol. The van der Waals surface area contributed by atoms with E-state index in [0.29, 0.717) is 13.2 Å². The average Bonchev–Trinajstić information content (AvgIpc) is 2.80. The standard InChI is InChI=1S/C16H20O5/c1-20-13-5-2-11(3-6-13)9-21-10-14-12(8-16(18)19)4-7-15(14)17/h2-7,12,14-15,17H,8-10H2,1H3,(H,18,19). The fraction of sp³-hybridized carbons (Fsp3) is 0.438. The monoisotopic (exact) mass is 292 g/mol. The van der Waals surface area contributed by atoms with Crippen molar-refractivity contribution in [1.82, 2.24) is 0 Å². The summed E-state index contributed by atoms with van der Waals surface area (Å²) >= 11 is 0. The maximum Gasteiger partial charge on any atom is 0.303 e. The molecule has 0 aromatic heterocycles. The molecule has 0 fully saturated rings. The number of allylic oxidation sites excluding steroid dienone is 1. The van der Waals surface area contributed by atoms with E-state index in [2.05, 4.69) is 0 Å². The van der Waals surface area contributed by atoms with Gasteiger partial charge in [-0.15, -0.1) is 0 Å². The fourth-order valence-corrected chi connectivity index (χ4v) is 2.47. The zero-order valence-corrected chi connectivity index (χ0v) is 11.9. The quantitative estimate of drug-likeness (QED) is 0.750. The Bertz CT molecular complexity index is 494. The van der Waals surface area contributed by atoms with Gasteiger partial charge in [0, 0.05) is 5.92 Å². The minimum absolute atomic E-state index is 0.0180. The molecule has 1 aromatic rings. The molecule has 2 N–H and O–H groups in total. The first-order valence-corrected chi connectivity index (χ1v) is 6.89. The minimum atomic E-state index is -0.862. The van der Waals surface area contributed by atoms with E-state index in [0.717, 1.165) is 11.3 Å². The lowest BCUT2D eigenvalue weighted by molar-refractivity contribution is -0.138. The van der Waals surface area contributed by atoms with Crippen LogP contribution < -0.4 is 4.74 Å². The maximum absolute atomic E-state index is 10.8. The predicted molar refractivity (Wildman–Crippen MR) is 77.0 cm³/mol. The van der Waals surface area contributed by atoms with E-state index >= 15 is 0 Å². The van der Waals surface area contributed by atoms with E-state index < -0.39 is 12.1 Å². The molecule has 114 valence electrons. The fourth-order valence-electron chi connectivity index (χ4n) is 2.47. The van der Waals surface area contributed by atoms with Gasteiger partial charge in [-0.05, 0) is 23.6 Å². The molecule has 5 heteroatoms. The summed E-state index contributed by atoms with van der Waals surface area (Å²) in [5.41, 5.74) is 1.01. The van der Waals surface area contributed by atoms with Gasteiger partial charge in [0.1, 0.15) is 5.75 Å². The Morgan fingerprint density at radius 1 is 1.24 bits per heavy atom. The summed E-state index contributed by atoms with van der Waals surface area (Å²) in [5, 5.41) is 18.7. The van der Waals surface area contributed by atoms with Crippen LogP contribution in [0.15, 0.2) is 36.4 Å². The number of aliphatic carboxylic acids is 1. The van der Waals surface area contributed by atoms with Gasteiger partial charge in [0.15, 0.2) is 0 Å². The smallest absolute Gasteiger partial charge is 0.303 e. The van der Waals surface area contributed by atoms with Crippen LogP contribution in [0.5, 0.6) is 5.75 Å². The molecule has 0 spiro atoms. The van der Waals surface area contributed by atoms with Crippen molar-refractivity contribution < 1.29 is 24.5 Å². The van der Waals surface area contributed by atoms with Gasteiger partial charge in [-0.25, -0.2) is 0 Å². The lowest BCUT2D eigenvalue weighted by Crippen LogP contribution is -2.26. The summed E-state index contributed by atoms with van der Waals surface area (Å²) in [4.78, 5) is 10.8. The first-order valence-electron chi connectivity index (χ1n) is 6.89. The topological polar surface area (TPSA) is 76.0 Å². The van der Waals surface area contributed by atoms with Crippen molar-refractivity contribution in [3.05, 3.63) is 42.0 Å². The molecule has 0 amide bonds. The van der Waals surface area contributed by atoms with E-state index in [4.69, 9.17) is 14.6 Å². The zero-order valence-electron chi connectivity index (χ0n) is 11.9. The highest BCUT2D eigenvalue weighted by Gasteiger charge is 2.31. The number of ether oxygens (including phenoxy) is 2. The van der Waals surface area contributed by atoms with Crippen molar-refractivity contribution in [2.24, 2.45) is 11.8 Å². The van der Waals surface area contributed by atoms with Crippen molar-refractivity contribution in [2.45, 2.75) is 19.1 Å². The average molecular weight is 292 g/mol. The Kier molecular flexibility index (Phi) is 5.36. The number of carbonyl (C=O) groups is 1. The Labute approximate surface area is 123 Å². The molecule has 3 atom stereocenters. The molecule has 0 radical (unpaired) electrons. The molecule has 0 heterocycles. The van der Waals surface area contributed by atoms with Crippen molar-refractivity contribution in [3.8, 4) is 5.75 Å². The van der Waals surface area contributed by atoms with E-state index in [1.165, 1.54) is 0 Å². The van der Waals surface area contributed by atoms with Crippen molar-refractivity contribution in [3.63, 3.8) is 0 Å². The normalized spacial score (nSPS) is 24.2. The molecule has 0 saturated heterocycles. The molecule has 5 nitrogen and oxygen atoms in total. The third-order valence-electron chi connectivity index (χ3n) is 3.69. The lowest BCUT2D eigenvalue weighted by atomic mass is 9.92. The van der Waals surface area contributed by atoms with E-state index in [1.54, 1.807) is 19.3 Å². The van der Waals surface area contributed by atoms with Crippen molar-refractivity contribution in [1.29, 1.82) is 0 Å². The van der Waals surface area contributed by atoms with Gasteiger partial charge in [-0.1, -0.05) is 24.3 Å². The Morgan fingerprint density at radius 2 is 1.95 bits per heavy atom. The summed E-state index contributed by atoms with van der Waals surface area (Å²) < 4.78 is 10.7. The SMILES string of the molecule is COc1ccc(COCC2C(O)C=CC2CC(=O)O)cc1. The molecule has 21 heavy (non-hydrogen) atoms. The van der Waals surface area contributed by atoms with E-state index in [9.17, 15) is 9.90 Å². The molecule has 0 aliphatic heterocycles. The summed E-state index contributed by atoms with van der Waals surface area (Å²) in [7, 11) is 1.61. The van der Waals surface area contributed by atoms with Crippen LogP contribution in [0.25, 0.3) is 0 Å². The number of aliphatic hydroxyl groups excluding tert-OH is 1. The summed E-state index contributed by atoms with van der Waals surface area (Å²) in [6, 6.07) is 7.55. The predicted octanol–water partition coefficient (Wildman–Crippen LogP) is 1.85. The van der Waals surface area contributed by atoms with Crippen LogP contribution in [0.2, 0.25) is 0 Å². The molecule has 1 aliphatic carbocycles. The Hall–Kier alpha value is -1.85. The molecule has 0 bridgehead atoms. The molecule has 1 aromatic carbocycles. The Balaban J connectivity index is 1.82. The summed E-state index contributed by atoms with van der Waals surface area (Å²) in [6.45, 7) is 0.755. The van der Waals surface area contributed by atoms with Gasteiger partial charge in [-0.2, -0.15) is 0 Å². The maximum atomic E-state index is 10.8. The molecule has 2 rings (SSSR count). The van der Waals surface area contributed by atoms with Crippen LogP contribution in [0.4, 0.5) is 0 Å². The number of carboxylic acids is 1. The van der Waals surface area contributed by atoms with Crippen molar-refractivity contribution in [2.75, 3.05) is 13.7 Å². The number of hydrogen-bond donors (Lipinski definition) is 2. The van der Waals surface area contributed by atoms with Crippen molar-refractivity contribution >= 4 is 5.97 Å². The van der Waals surface area contributed by atoms with Gasteiger partial charge in [0.2, 0.25) is 0 Å². The largest absolute Gasteiger partial charge is 0.497 e. The number of carboxylic acid groups (broad SMARTS) is 1. The Morgan fingerprint density at radius 3 is 2.57 bits per heavy atom. The van der Waals surface area contributed by atoms with E-state index in [-0.39, 0.29) is 18.3 Å². The number of methoxy groups -OCH3 is 1. The van der Waals surface area contributed by atoms with E-state index in [1.807, 2.05) is 24.3 Å². The van der Waals surface area contributed by atoms with Gasteiger partial charge in [0.05, 0.1) is 32.8 Å². The highest BCUT2D eigenvalue weighted by molar-refractivity contribution is 5.67. The van der Waals surface area contributed by atoms with Gasteiger partial charge in [-0.3, -0.25) is 4.79 Å². The third kappa shape index (κ3) is 4.31. The number of rotatable bonds is 7. The van der Waals surface area contributed by atoms with Crippen LogP contribution >= 0.6 is 0 Å². The zero-order chi connectivity index (χ0) is 15.2. The second-order valence-corrected chi connectivity index (χ2v) is 5.16. The highest BCUT2D eigenvalue weighted by Crippen LogP contribution is 2.29. The lowest BCUT2D eigenvalue weighted by Gasteiger charge is -2.21. The molecular formula is C16H20O5. The minimum Gasteiger partial charge on any atom is -0.497 e. The third-order valence-corrected chi connectivity index (χ3v) is 3.69. The second kappa shape index (κ2) is 7.24. The number of hydrogen-bond acceptors (Lipinski definition) is 4. The van der Waals surface area contributed by atoms with Crippen LogP contribution in [0.1, 0.15) is 12.0 Å². The number of benzene rings is 1. The van der Waals surface area contributed by atoms with Gasteiger partial charge >= 0.3 is 5.97 Å². The first kappa shape index (κ1) is 15.5. The van der Waals surface area contributed by atoms with Gasteiger partial charge < -0.3 is 19.7 Å². The van der Waals surface area contributed by atoms with Gasteiger partial charge in [0.25, 0.3) is 0 Å². The molecule has 0 saturated carbocycles. The van der Waals surface area contributed by atoms with Crippen LogP contribution in [0, 0.1) is 11.8 Å².